The van der Waals surface area contributed by atoms with Gasteiger partial charge >= 0.3 is 11.9 Å². The van der Waals surface area contributed by atoms with E-state index in [0.29, 0.717) is 6.61 Å². The minimum absolute atomic E-state index is 0.113. The third kappa shape index (κ3) is 11.8. The first-order chi connectivity index (χ1) is 21.8. The minimum atomic E-state index is -1.41. The second-order valence-corrected chi connectivity index (χ2v) is 13.1. The molecule has 2 N–H and O–H groups in total. The Bertz CT molecular complexity index is 1250. The van der Waals surface area contributed by atoms with Crippen LogP contribution in [0.4, 0.5) is 0 Å². The van der Waals surface area contributed by atoms with E-state index in [9.17, 15) is 19.8 Å². The fourth-order valence-electron chi connectivity index (χ4n) is 5.78. The van der Waals surface area contributed by atoms with Crippen LogP contribution in [0.5, 0.6) is 0 Å². The number of nitrogens with zero attached hydrogens (tertiary/aromatic N) is 1. The summed E-state index contributed by atoms with van der Waals surface area (Å²) in [6, 6.07) is 9.98. The van der Waals surface area contributed by atoms with Gasteiger partial charge in [0.05, 0.1) is 30.4 Å². The highest BCUT2D eigenvalue weighted by molar-refractivity contribution is 5.86. The summed E-state index contributed by atoms with van der Waals surface area (Å²) < 4.78 is 17.3. The zero-order valence-electron chi connectivity index (χ0n) is 28.4. The average Bonchev–Trinajstić information content (AvgIpc) is 3.77. The van der Waals surface area contributed by atoms with Gasteiger partial charge in [0.25, 0.3) is 0 Å². The van der Waals surface area contributed by atoms with Crippen molar-refractivity contribution in [3.63, 3.8) is 0 Å². The number of rotatable bonds is 12. The van der Waals surface area contributed by atoms with Gasteiger partial charge in [-0.25, -0.2) is 0 Å². The Balaban J connectivity index is 1.60. The van der Waals surface area contributed by atoms with Gasteiger partial charge in [-0.15, -0.1) is 0 Å². The lowest BCUT2D eigenvalue weighted by Gasteiger charge is -2.32. The fourth-order valence-corrected chi connectivity index (χ4v) is 5.78. The molecule has 0 spiro atoms. The number of cyclic esters (lactones) is 1. The quantitative estimate of drug-likeness (QED) is 0.0688. The predicted molar refractivity (Wildman–Crippen MR) is 178 cm³/mol. The summed E-state index contributed by atoms with van der Waals surface area (Å²) in [5.41, 5.74) is 1.49. The summed E-state index contributed by atoms with van der Waals surface area (Å²) in [6.45, 7) is 13.4. The molecule has 0 aromatic heterocycles. The van der Waals surface area contributed by atoms with Crippen LogP contribution >= 0.6 is 0 Å². The molecule has 0 aliphatic carbocycles. The molecule has 9 nitrogen and oxygen atoms in total. The molecule has 46 heavy (non-hydrogen) atoms. The highest BCUT2D eigenvalue weighted by Crippen LogP contribution is 2.36. The zero-order valence-corrected chi connectivity index (χ0v) is 28.4. The number of allylic oxidation sites excluding steroid dienone is 3. The smallest absolute Gasteiger partial charge is 0.309 e. The Morgan fingerprint density at radius 3 is 2.59 bits per heavy atom. The molecule has 1 aromatic carbocycles. The molecule has 0 bridgehead atoms. The maximum Gasteiger partial charge on any atom is 0.309 e. The zero-order chi connectivity index (χ0) is 33.9. The Morgan fingerprint density at radius 2 is 1.91 bits per heavy atom. The van der Waals surface area contributed by atoms with Crippen molar-refractivity contribution >= 4 is 17.7 Å². The van der Waals surface area contributed by atoms with Crippen LogP contribution in [0, 0.1) is 17.8 Å². The maximum absolute atomic E-state index is 12.7. The predicted octanol–water partition coefficient (Wildman–Crippen LogP) is 6.23. The number of epoxide rings is 1. The fraction of sp³-hybridized carbons (Fsp3) is 0.595. The third-order valence-electron chi connectivity index (χ3n) is 8.73. The number of esters is 2. The Kier molecular flexibility index (Phi) is 14.2. The van der Waals surface area contributed by atoms with Crippen LogP contribution in [-0.2, 0) is 35.2 Å². The van der Waals surface area contributed by atoms with Crippen molar-refractivity contribution in [3.05, 3.63) is 71.8 Å². The van der Waals surface area contributed by atoms with E-state index >= 15 is 0 Å². The highest BCUT2D eigenvalue weighted by atomic mass is 16.6. The van der Waals surface area contributed by atoms with Gasteiger partial charge in [0.2, 0.25) is 0 Å². The molecule has 9 unspecified atom stereocenters. The minimum Gasteiger partial charge on any atom is -0.457 e. The van der Waals surface area contributed by atoms with Gasteiger partial charge in [-0.1, -0.05) is 87.5 Å². The topological polar surface area (TPSA) is 127 Å². The largest absolute Gasteiger partial charge is 0.457 e. The van der Waals surface area contributed by atoms with Crippen molar-refractivity contribution in [2.75, 3.05) is 0 Å². The van der Waals surface area contributed by atoms with Crippen molar-refractivity contribution in [2.45, 2.75) is 123 Å². The lowest BCUT2D eigenvalue weighted by Crippen LogP contribution is -2.42. The van der Waals surface area contributed by atoms with E-state index in [0.717, 1.165) is 29.7 Å². The van der Waals surface area contributed by atoms with E-state index in [4.69, 9.17) is 19.0 Å². The van der Waals surface area contributed by atoms with Crippen molar-refractivity contribution in [1.82, 2.24) is 0 Å². The first kappa shape index (κ1) is 37.2. The second kappa shape index (κ2) is 17.6. The number of aliphatic hydroxyl groups is 2. The molecule has 1 aromatic rings. The van der Waals surface area contributed by atoms with E-state index in [2.05, 4.69) is 32.0 Å². The van der Waals surface area contributed by atoms with Crippen LogP contribution in [0.15, 0.2) is 71.4 Å². The second-order valence-electron chi connectivity index (χ2n) is 13.1. The Labute approximate surface area is 274 Å². The number of carbonyl (C=O) groups is 2. The van der Waals surface area contributed by atoms with E-state index in [1.807, 2.05) is 56.3 Å². The van der Waals surface area contributed by atoms with E-state index in [1.54, 1.807) is 19.1 Å². The molecule has 2 aliphatic rings. The molecule has 0 radical (unpaired) electrons. The van der Waals surface area contributed by atoms with E-state index in [-0.39, 0.29) is 49.2 Å². The molecule has 0 saturated carbocycles. The van der Waals surface area contributed by atoms with E-state index in [1.165, 1.54) is 6.92 Å². The van der Waals surface area contributed by atoms with Crippen molar-refractivity contribution in [1.29, 1.82) is 0 Å². The summed E-state index contributed by atoms with van der Waals surface area (Å²) in [5.74, 6) is -0.897. The lowest BCUT2D eigenvalue weighted by atomic mass is 9.88. The molecule has 2 heterocycles. The number of hydrogen-bond acceptors (Lipinski definition) is 9. The van der Waals surface area contributed by atoms with Gasteiger partial charge in [0, 0.05) is 18.8 Å². The van der Waals surface area contributed by atoms with Gasteiger partial charge in [0.1, 0.15) is 24.4 Å². The lowest BCUT2D eigenvalue weighted by molar-refractivity contribution is -0.157. The number of ether oxygens (including phenoxy) is 3. The monoisotopic (exact) mass is 639 g/mol. The van der Waals surface area contributed by atoms with Crippen LogP contribution in [0.2, 0.25) is 0 Å². The van der Waals surface area contributed by atoms with Crippen LogP contribution in [0.1, 0.15) is 86.1 Å². The van der Waals surface area contributed by atoms with Crippen LogP contribution < -0.4 is 0 Å². The van der Waals surface area contributed by atoms with Crippen molar-refractivity contribution in [2.24, 2.45) is 22.9 Å². The van der Waals surface area contributed by atoms with Crippen molar-refractivity contribution in [3.8, 4) is 0 Å². The average molecular weight is 640 g/mol. The number of aliphatic hydroxyl groups excluding tert-OH is 1. The number of carbonyl (C=O) groups excluding carboxylic acids is 2. The first-order valence-electron chi connectivity index (χ1n) is 16.5. The van der Waals surface area contributed by atoms with Gasteiger partial charge in [-0.3, -0.25) is 9.59 Å². The number of benzene rings is 1. The molecular weight excluding hydrogens is 586 g/mol. The van der Waals surface area contributed by atoms with Gasteiger partial charge in [-0.05, 0) is 62.7 Å². The summed E-state index contributed by atoms with van der Waals surface area (Å²) in [4.78, 5) is 30.1. The third-order valence-corrected chi connectivity index (χ3v) is 8.73. The highest BCUT2D eigenvalue weighted by Gasteiger charge is 2.44. The molecule has 3 rings (SSSR count). The normalized spacial score (nSPS) is 30.9. The summed E-state index contributed by atoms with van der Waals surface area (Å²) in [7, 11) is 0. The van der Waals surface area contributed by atoms with Crippen LogP contribution in [0.25, 0.3) is 0 Å². The summed E-state index contributed by atoms with van der Waals surface area (Å²) in [6.07, 6.45) is 9.00. The van der Waals surface area contributed by atoms with Gasteiger partial charge < -0.3 is 29.3 Å². The number of oxime groups is 1. The molecule has 2 aliphatic heterocycles. The van der Waals surface area contributed by atoms with Crippen molar-refractivity contribution < 1.29 is 38.9 Å². The first-order valence-corrected chi connectivity index (χ1v) is 16.5. The molecule has 254 valence electrons. The Morgan fingerprint density at radius 1 is 1.20 bits per heavy atom. The van der Waals surface area contributed by atoms with Gasteiger partial charge in [0.15, 0.2) is 0 Å². The van der Waals surface area contributed by atoms with Crippen LogP contribution in [0.3, 0.4) is 0 Å². The SMILES string of the molecule is CCC(=NOCc1ccccc1)C(C)C1OC1CC(C)C=CC=C(C)C1OC(=O)CC(O)CCC(C)(O)C(OC(C)=O)C=CC1C. The molecule has 1 fully saturated rings. The number of hydrogen-bond donors (Lipinski definition) is 2. The molecule has 9 atom stereocenters. The molecule has 0 amide bonds. The van der Waals surface area contributed by atoms with E-state index < -0.39 is 35.9 Å². The maximum atomic E-state index is 12.7. The standard InChI is InChI=1S/C37H53NO8/c1-8-31(38-43-23-29-15-10-9-11-16-29)27(5)36-32(45-36)21-24(2)13-12-14-25(3)35-26(4)17-18-33(44-28(6)39)37(7,42)20-19-30(40)22-34(41)46-35/h9-18,24,26-27,30,32-33,35-36,40,42H,8,19-23H2,1-7H3. The molecular formula is C37H53NO8. The van der Waals surface area contributed by atoms with Crippen LogP contribution in [-0.4, -0.2) is 64.0 Å². The summed E-state index contributed by atoms with van der Waals surface area (Å²) >= 11 is 0. The Hall–Kier alpha value is -3.27. The van der Waals surface area contributed by atoms with Gasteiger partial charge in [-0.2, -0.15) is 0 Å². The molecule has 1 saturated heterocycles. The summed E-state index contributed by atoms with van der Waals surface area (Å²) in [5, 5.41) is 25.9. The molecule has 9 heteroatoms.